The van der Waals surface area contributed by atoms with Crippen LogP contribution >= 0.6 is 0 Å². The van der Waals surface area contributed by atoms with E-state index in [4.69, 9.17) is 0 Å². The molecule has 0 unspecified atom stereocenters. The molecule has 2 heteroatoms. The van der Waals surface area contributed by atoms with Crippen LogP contribution in [0.1, 0.15) is 18.4 Å². The van der Waals surface area contributed by atoms with Crippen molar-refractivity contribution in [2.24, 2.45) is 10.2 Å². The Labute approximate surface area is 82.7 Å². The molecule has 1 aliphatic carbocycles. The molecular formula is C12H12N2. The number of aryl methyl sites for hydroxylation is 1. The Morgan fingerprint density at radius 3 is 3.14 bits per heavy atom. The van der Waals surface area contributed by atoms with Gasteiger partial charge in [-0.25, -0.2) is 0 Å². The second kappa shape index (κ2) is 3.05. The smallest absolute Gasteiger partial charge is 0.0822 e. The van der Waals surface area contributed by atoms with Crippen LogP contribution in [-0.2, 0) is 6.42 Å². The van der Waals surface area contributed by atoms with E-state index < -0.39 is 0 Å². The summed E-state index contributed by atoms with van der Waals surface area (Å²) in [5, 5.41) is 10.9. The van der Waals surface area contributed by atoms with Gasteiger partial charge in [0.05, 0.1) is 12.7 Å². The zero-order valence-corrected chi connectivity index (χ0v) is 8.03. The van der Waals surface area contributed by atoms with Crippen LogP contribution in [0.3, 0.4) is 0 Å². The minimum absolute atomic E-state index is 0.792. The van der Waals surface area contributed by atoms with Gasteiger partial charge >= 0.3 is 0 Å². The molecule has 0 fully saturated rings. The molecule has 14 heavy (non-hydrogen) atoms. The Kier molecular flexibility index (Phi) is 1.72. The number of nitrogens with zero attached hydrogens (tertiary/aromatic N) is 2. The lowest BCUT2D eigenvalue weighted by Gasteiger charge is -2.13. The summed E-state index contributed by atoms with van der Waals surface area (Å²) in [7, 11) is 0. The average molecular weight is 184 g/mol. The molecule has 0 bridgehead atoms. The summed E-state index contributed by atoms with van der Waals surface area (Å²) in [5.74, 6) is 0. The predicted molar refractivity (Wildman–Crippen MR) is 56.2 cm³/mol. The summed E-state index contributed by atoms with van der Waals surface area (Å²) in [6.45, 7) is 0.792. The van der Waals surface area contributed by atoms with Gasteiger partial charge in [-0.15, -0.1) is 0 Å². The first-order valence-electron chi connectivity index (χ1n) is 5.12. The van der Waals surface area contributed by atoms with E-state index in [-0.39, 0.29) is 0 Å². The molecule has 0 spiro atoms. The molecule has 0 saturated carbocycles. The second-order valence-electron chi connectivity index (χ2n) is 3.88. The van der Waals surface area contributed by atoms with Gasteiger partial charge in [-0.2, -0.15) is 10.2 Å². The van der Waals surface area contributed by atoms with Gasteiger partial charge in [0.1, 0.15) is 0 Å². The van der Waals surface area contributed by atoms with E-state index >= 15 is 0 Å². The van der Waals surface area contributed by atoms with Crippen molar-refractivity contribution in [3.8, 4) is 0 Å². The quantitative estimate of drug-likeness (QED) is 0.582. The summed E-state index contributed by atoms with van der Waals surface area (Å²) in [6, 6.07) is 6.49. The Morgan fingerprint density at radius 2 is 2.14 bits per heavy atom. The molecule has 0 amide bonds. The van der Waals surface area contributed by atoms with Crippen LogP contribution in [0.4, 0.5) is 0 Å². The highest BCUT2D eigenvalue weighted by Crippen LogP contribution is 2.14. The molecule has 0 N–H and O–H groups in total. The van der Waals surface area contributed by atoms with E-state index in [0.717, 1.165) is 6.54 Å². The fraction of sp³-hybridized carbons (Fsp3) is 0.333. The third-order valence-corrected chi connectivity index (χ3v) is 3.00. The van der Waals surface area contributed by atoms with Crippen molar-refractivity contribution in [2.75, 3.05) is 6.54 Å². The van der Waals surface area contributed by atoms with Crippen LogP contribution in [-0.4, -0.2) is 6.54 Å². The highest BCUT2D eigenvalue weighted by Gasteiger charge is 2.11. The minimum atomic E-state index is 0.792. The van der Waals surface area contributed by atoms with Crippen LogP contribution < -0.4 is 10.4 Å². The largest absolute Gasteiger partial charge is 0.185 e. The van der Waals surface area contributed by atoms with Crippen molar-refractivity contribution >= 4 is 11.8 Å². The van der Waals surface area contributed by atoms with Gasteiger partial charge in [0.15, 0.2) is 0 Å². The molecule has 1 aromatic carbocycles. The van der Waals surface area contributed by atoms with Gasteiger partial charge in [0, 0.05) is 5.22 Å². The molecule has 1 aromatic rings. The number of hydrogen-bond donors (Lipinski definition) is 0. The third kappa shape index (κ3) is 1.10. The molecule has 0 radical (unpaired) electrons. The van der Waals surface area contributed by atoms with Gasteiger partial charge in [-0.1, -0.05) is 18.2 Å². The van der Waals surface area contributed by atoms with E-state index in [1.807, 2.05) is 6.20 Å². The molecule has 70 valence electrons. The van der Waals surface area contributed by atoms with Crippen molar-refractivity contribution in [3.05, 3.63) is 34.2 Å². The maximum atomic E-state index is 4.15. The summed E-state index contributed by atoms with van der Waals surface area (Å²) in [5.41, 5.74) is 2.95. The molecule has 3 rings (SSSR count). The van der Waals surface area contributed by atoms with E-state index in [1.165, 1.54) is 40.8 Å². The second-order valence-corrected chi connectivity index (χ2v) is 3.88. The minimum Gasteiger partial charge on any atom is -0.185 e. The lowest BCUT2D eigenvalue weighted by atomic mass is 9.92. The highest BCUT2D eigenvalue weighted by atomic mass is 15.1. The van der Waals surface area contributed by atoms with E-state index in [0.29, 0.717) is 0 Å². The molecule has 0 saturated heterocycles. The standard InChI is InChI=1S/C12H12N2/c1-3-9-4-2-6-11-8-14-13-7-10(5-1)12(9)11/h1,3,5,7H,2,4,6,8H2. The Balaban J connectivity index is 2.48. The van der Waals surface area contributed by atoms with Crippen LogP contribution in [0.2, 0.25) is 0 Å². The molecule has 2 nitrogen and oxygen atoms in total. The first-order chi connectivity index (χ1) is 6.95. The number of hydrogen-bond acceptors (Lipinski definition) is 2. The van der Waals surface area contributed by atoms with Crippen molar-refractivity contribution in [1.29, 1.82) is 0 Å². The summed E-state index contributed by atoms with van der Waals surface area (Å²) >= 11 is 0. The molecular weight excluding hydrogens is 172 g/mol. The SMILES string of the molecule is C1=c2cccc3c2=C(CCC3)CN=N1. The molecule has 2 aliphatic rings. The topological polar surface area (TPSA) is 24.7 Å². The Bertz CT molecular complexity index is 512. The van der Waals surface area contributed by atoms with Gasteiger partial charge < -0.3 is 0 Å². The van der Waals surface area contributed by atoms with Crippen molar-refractivity contribution in [2.45, 2.75) is 19.3 Å². The maximum Gasteiger partial charge on any atom is 0.0822 e. The molecule has 0 aromatic heterocycles. The normalized spacial score (nSPS) is 18.4. The fourth-order valence-electron chi connectivity index (χ4n) is 2.37. The van der Waals surface area contributed by atoms with Crippen molar-refractivity contribution < 1.29 is 0 Å². The Morgan fingerprint density at radius 1 is 1.14 bits per heavy atom. The molecule has 1 heterocycles. The average Bonchev–Trinajstić information content (AvgIpc) is 2.44. The molecule has 1 aliphatic heterocycles. The molecule has 0 atom stereocenters. The van der Waals surface area contributed by atoms with Gasteiger partial charge in [-0.3, -0.25) is 0 Å². The third-order valence-electron chi connectivity index (χ3n) is 3.00. The van der Waals surface area contributed by atoms with E-state index in [2.05, 4.69) is 28.4 Å². The van der Waals surface area contributed by atoms with E-state index in [1.54, 1.807) is 0 Å². The van der Waals surface area contributed by atoms with Crippen LogP contribution in [0.25, 0.3) is 11.8 Å². The van der Waals surface area contributed by atoms with Crippen LogP contribution in [0.5, 0.6) is 0 Å². The highest BCUT2D eigenvalue weighted by molar-refractivity contribution is 5.53. The van der Waals surface area contributed by atoms with Crippen LogP contribution in [0, 0.1) is 0 Å². The summed E-state index contributed by atoms with van der Waals surface area (Å²) in [6.07, 6.45) is 5.55. The lowest BCUT2D eigenvalue weighted by molar-refractivity contribution is 0.803. The first kappa shape index (κ1) is 7.92. The predicted octanol–water partition coefficient (Wildman–Crippen LogP) is 1.38. The number of benzene rings is 1. The Hall–Kier alpha value is -1.44. The fourth-order valence-corrected chi connectivity index (χ4v) is 2.37. The zero-order chi connectivity index (χ0) is 9.38. The maximum absolute atomic E-state index is 4.15. The van der Waals surface area contributed by atoms with Gasteiger partial charge in [0.25, 0.3) is 0 Å². The summed E-state index contributed by atoms with van der Waals surface area (Å²) in [4.78, 5) is 0. The van der Waals surface area contributed by atoms with Gasteiger partial charge in [0.2, 0.25) is 0 Å². The van der Waals surface area contributed by atoms with E-state index in [9.17, 15) is 0 Å². The van der Waals surface area contributed by atoms with Crippen molar-refractivity contribution in [3.63, 3.8) is 0 Å². The monoisotopic (exact) mass is 184 g/mol. The zero-order valence-electron chi connectivity index (χ0n) is 8.03. The first-order valence-corrected chi connectivity index (χ1v) is 5.12. The summed E-state index contributed by atoms with van der Waals surface area (Å²) < 4.78 is 0. The van der Waals surface area contributed by atoms with Gasteiger partial charge in [-0.05, 0) is 35.6 Å². The lowest BCUT2D eigenvalue weighted by Crippen LogP contribution is -2.33. The van der Waals surface area contributed by atoms with Crippen LogP contribution in [0.15, 0.2) is 28.4 Å². The number of azo groups is 1. The van der Waals surface area contributed by atoms with Crippen molar-refractivity contribution in [1.82, 2.24) is 0 Å². The number of rotatable bonds is 0.